The third-order valence-electron chi connectivity index (χ3n) is 5.11. The lowest BCUT2D eigenvalue weighted by atomic mass is 9.90. The third-order valence-corrected chi connectivity index (χ3v) is 5.11. The van der Waals surface area contributed by atoms with Crippen molar-refractivity contribution in [2.45, 2.75) is 44.0 Å². The number of ether oxygens (including phenoxy) is 1. The van der Waals surface area contributed by atoms with E-state index >= 15 is 0 Å². The van der Waals surface area contributed by atoms with E-state index in [0.29, 0.717) is 52.0 Å². The standard InChI is InChI=1S/C18H24F3N3O2.CH2O2/c19-18(20,21)7-11-23-9-5-17(6-10-23)14-24(16(25)4-12-26-17)13-15-3-1-2-8-22-15;2-1-3/h1-3,8H,4-7,9-14H2;1H,(H,2,3). The van der Waals surface area contributed by atoms with E-state index in [1.807, 2.05) is 23.1 Å². The highest BCUT2D eigenvalue weighted by molar-refractivity contribution is 5.76. The first kappa shape index (κ1) is 23.1. The molecular formula is C19H26F3N3O4. The molecule has 1 spiro atoms. The molecule has 1 aromatic rings. The van der Waals surface area contributed by atoms with Gasteiger partial charge < -0.3 is 19.6 Å². The van der Waals surface area contributed by atoms with Gasteiger partial charge in [0.05, 0.1) is 43.8 Å². The van der Waals surface area contributed by atoms with E-state index in [-0.39, 0.29) is 18.9 Å². The average Bonchev–Trinajstić information content (AvgIpc) is 2.82. The molecule has 0 unspecified atom stereocenters. The Kier molecular flexibility index (Phi) is 8.39. The fourth-order valence-electron chi connectivity index (χ4n) is 3.60. The first-order valence-corrected chi connectivity index (χ1v) is 9.45. The van der Waals surface area contributed by atoms with Gasteiger partial charge in [0, 0.05) is 25.8 Å². The number of amides is 1. The molecule has 7 nitrogen and oxygen atoms in total. The number of alkyl halides is 3. The van der Waals surface area contributed by atoms with Gasteiger partial charge in [-0.05, 0) is 25.0 Å². The predicted octanol–water partition coefficient (Wildman–Crippen LogP) is 2.32. The number of pyridine rings is 1. The molecule has 162 valence electrons. The molecular weight excluding hydrogens is 391 g/mol. The average molecular weight is 417 g/mol. The monoisotopic (exact) mass is 417 g/mol. The lowest BCUT2D eigenvalue weighted by Crippen LogP contribution is -2.52. The van der Waals surface area contributed by atoms with Crippen molar-refractivity contribution in [1.82, 2.24) is 14.8 Å². The Hall–Kier alpha value is -2.20. The Labute approximate surface area is 167 Å². The summed E-state index contributed by atoms with van der Waals surface area (Å²) in [7, 11) is 0. The zero-order valence-corrected chi connectivity index (χ0v) is 16.1. The number of hydrogen-bond donors (Lipinski definition) is 1. The molecule has 2 aliphatic rings. The maximum absolute atomic E-state index is 12.4. The summed E-state index contributed by atoms with van der Waals surface area (Å²) >= 11 is 0. The van der Waals surface area contributed by atoms with Crippen LogP contribution >= 0.6 is 0 Å². The Morgan fingerprint density at radius 2 is 1.97 bits per heavy atom. The molecule has 0 atom stereocenters. The Morgan fingerprint density at radius 1 is 1.28 bits per heavy atom. The first-order chi connectivity index (χ1) is 13.8. The number of carboxylic acid groups (broad SMARTS) is 1. The van der Waals surface area contributed by atoms with Gasteiger partial charge in [-0.15, -0.1) is 0 Å². The molecule has 0 radical (unpaired) electrons. The topological polar surface area (TPSA) is 83.0 Å². The first-order valence-electron chi connectivity index (χ1n) is 9.45. The summed E-state index contributed by atoms with van der Waals surface area (Å²) in [4.78, 5) is 28.7. The second-order valence-corrected chi connectivity index (χ2v) is 7.16. The molecule has 0 bridgehead atoms. The van der Waals surface area contributed by atoms with Gasteiger partial charge in [-0.2, -0.15) is 13.2 Å². The molecule has 2 saturated heterocycles. The minimum Gasteiger partial charge on any atom is -0.483 e. The number of piperidine rings is 1. The Balaban J connectivity index is 0.000000941. The summed E-state index contributed by atoms with van der Waals surface area (Å²) in [5.41, 5.74) is 0.357. The predicted molar refractivity (Wildman–Crippen MR) is 98.0 cm³/mol. The second kappa shape index (κ2) is 10.5. The number of likely N-dealkylation sites (tertiary alicyclic amines) is 1. The van der Waals surface area contributed by atoms with E-state index in [1.165, 1.54) is 0 Å². The van der Waals surface area contributed by atoms with Crippen LogP contribution in [0, 0.1) is 0 Å². The number of hydrogen-bond acceptors (Lipinski definition) is 5. The van der Waals surface area contributed by atoms with Gasteiger partial charge in [-0.3, -0.25) is 14.6 Å². The van der Waals surface area contributed by atoms with Gasteiger partial charge in [-0.25, -0.2) is 0 Å². The largest absolute Gasteiger partial charge is 0.483 e. The van der Waals surface area contributed by atoms with Gasteiger partial charge in [0.1, 0.15) is 0 Å². The van der Waals surface area contributed by atoms with Crippen molar-refractivity contribution in [2.24, 2.45) is 0 Å². The lowest BCUT2D eigenvalue weighted by molar-refractivity contribution is -0.142. The van der Waals surface area contributed by atoms with Crippen molar-refractivity contribution in [2.75, 3.05) is 32.8 Å². The van der Waals surface area contributed by atoms with E-state index in [2.05, 4.69) is 4.98 Å². The van der Waals surface area contributed by atoms with Crippen LogP contribution < -0.4 is 0 Å². The molecule has 0 aromatic carbocycles. The van der Waals surface area contributed by atoms with Gasteiger partial charge >= 0.3 is 6.18 Å². The minimum atomic E-state index is -4.13. The summed E-state index contributed by atoms with van der Waals surface area (Å²) in [6.07, 6.45) is -1.62. The molecule has 1 aromatic heterocycles. The molecule has 3 heterocycles. The lowest BCUT2D eigenvalue weighted by Gasteiger charge is -2.42. The molecule has 2 fully saturated rings. The van der Waals surface area contributed by atoms with Crippen LogP contribution in [-0.2, 0) is 20.9 Å². The number of rotatable bonds is 4. The summed E-state index contributed by atoms with van der Waals surface area (Å²) in [6, 6.07) is 5.59. The van der Waals surface area contributed by atoms with Crippen LogP contribution in [-0.4, -0.2) is 76.8 Å². The number of carbonyl (C=O) groups excluding carboxylic acids is 1. The minimum absolute atomic E-state index is 0.0240. The number of nitrogens with zero attached hydrogens (tertiary/aromatic N) is 3. The van der Waals surface area contributed by atoms with E-state index in [1.54, 1.807) is 11.1 Å². The Morgan fingerprint density at radius 3 is 2.55 bits per heavy atom. The molecule has 2 aliphatic heterocycles. The summed E-state index contributed by atoms with van der Waals surface area (Å²) in [5.74, 6) is 0.0343. The molecule has 0 aliphatic carbocycles. The quantitative estimate of drug-likeness (QED) is 0.758. The number of halogens is 3. The summed E-state index contributed by atoms with van der Waals surface area (Å²) < 4.78 is 43.3. The number of carbonyl (C=O) groups is 2. The molecule has 3 rings (SSSR count). The molecule has 0 saturated carbocycles. The van der Waals surface area contributed by atoms with Crippen molar-refractivity contribution >= 4 is 12.4 Å². The highest BCUT2D eigenvalue weighted by Gasteiger charge is 2.41. The highest BCUT2D eigenvalue weighted by atomic mass is 19.4. The molecule has 1 N–H and O–H groups in total. The van der Waals surface area contributed by atoms with E-state index in [9.17, 15) is 18.0 Å². The normalized spacial score (nSPS) is 20.0. The fourth-order valence-corrected chi connectivity index (χ4v) is 3.60. The smallest absolute Gasteiger partial charge is 0.390 e. The molecule has 10 heteroatoms. The zero-order chi connectivity index (χ0) is 21.3. The Bertz CT molecular complexity index is 650. The van der Waals surface area contributed by atoms with Crippen LogP contribution in [0.25, 0.3) is 0 Å². The molecule has 29 heavy (non-hydrogen) atoms. The van der Waals surface area contributed by atoms with Crippen molar-refractivity contribution in [3.63, 3.8) is 0 Å². The van der Waals surface area contributed by atoms with Crippen molar-refractivity contribution in [3.05, 3.63) is 30.1 Å². The highest BCUT2D eigenvalue weighted by Crippen LogP contribution is 2.31. The second-order valence-electron chi connectivity index (χ2n) is 7.16. The van der Waals surface area contributed by atoms with Crippen LogP contribution in [0.5, 0.6) is 0 Å². The van der Waals surface area contributed by atoms with Crippen LogP contribution in [0.15, 0.2) is 24.4 Å². The maximum Gasteiger partial charge on any atom is 0.390 e. The van der Waals surface area contributed by atoms with Gasteiger partial charge in [0.25, 0.3) is 6.47 Å². The van der Waals surface area contributed by atoms with E-state index in [4.69, 9.17) is 14.6 Å². The van der Waals surface area contributed by atoms with Gasteiger partial charge in [0.15, 0.2) is 0 Å². The SMILES string of the molecule is O=C1CCOC2(CCN(CCC(F)(F)F)CC2)CN1Cc1ccccn1.O=CO. The van der Waals surface area contributed by atoms with Gasteiger partial charge in [0.2, 0.25) is 5.91 Å². The summed E-state index contributed by atoms with van der Waals surface area (Å²) in [6.45, 7) is 2.15. The van der Waals surface area contributed by atoms with E-state index in [0.717, 1.165) is 5.69 Å². The van der Waals surface area contributed by atoms with E-state index < -0.39 is 18.2 Å². The number of aromatic nitrogens is 1. The van der Waals surface area contributed by atoms with Crippen LogP contribution in [0.4, 0.5) is 13.2 Å². The zero-order valence-electron chi connectivity index (χ0n) is 16.1. The van der Waals surface area contributed by atoms with Crippen molar-refractivity contribution in [1.29, 1.82) is 0 Å². The molecule has 1 amide bonds. The van der Waals surface area contributed by atoms with Crippen LogP contribution in [0.2, 0.25) is 0 Å². The van der Waals surface area contributed by atoms with Crippen LogP contribution in [0.3, 0.4) is 0 Å². The maximum atomic E-state index is 12.4. The summed E-state index contributed by atoms with van der Waals surface area (Å²) in [5, 5.41) is 6.89. The van der Waals surface area contributed by atoms with Crippen molar-refractivity contribution in [3.8, 4) is 0 Å². The van der Waals surface area contributed by atoms with Crippen LogP contribution in [0.1, 0.15) is 31.4 Å². The fraction of sp³-hybridized carbons (Fsp3) is 0.632. The van der Waals surface area contributed by atoms with Crippen molar-refractivity contribution < 1.29 is 32.6 Å². The third kappa shape index (κ3) is 7.62. The van der Waals surface area contributed by atoms with Gasteiger partial charge in [-0.1, -0.05) is 6.07 Å².